The molecule has 3 nitrogen and oxygen atoms in total. The third-order valence-corrected chi connectivity index (χ3v) is 4.15. The highest BCUT2D eigenvalue weighted by Gasteiger charge is 2.12. The van der Waals surface area contributed by atoms with Gasteiger partial charge in [0.2, 0.25) is 5.91 Å². The normalized spacial score (nSPS) is 12.1. The van der Waals surface area contributed by atoms with Gasteiger partial charge in [-0.05, 0) is 37.6 Å². The van der Waals surface area contributed by atoms with Crippen molar-refractivity contribution in [1.82, 2.24) is 5.32 Å². The standard InChI is InChI=1S/C15H18N2OS/c1-10-7-8-14(19-10)11(2)17-15(18)9-12-5-3-4-6-13(12)16/h3-8,11H,9,16H2,1-2H3,(H,17,18). The predicted molar refractivity (Wildman–Crippen MR) is 80.2 cm³/mol. The molecule has 4 heteroatoms. The van der Waals surface area contributed by atoms with Gasteiger partial charge < -0.3 is 11.1 Å². The van der Waals surface area contributed by atoms with E-state index in [1.807, 2.05) is 31.2 Å². The van der Waals surface area contributed by atoms with Gasteiger partial charge in [-0.2, -0.15) is 0 Å². The zero-order valence-corrected chi connectivity index (χ0v) is 12.0. The van der Waals surface area contributed by atoms with Crippen LogP contribution in [0.4, 0.5) is 5.69 Å². The number of rotatable bonds is 4. The number of para-hydroxylation sites is 1. The second kappa shape index (κ2) is 5.89. The van der Waals surface area contributed by atoms with E-state index in [1.54, 1.807) is 11.3 Å². The second-order valence-electron chi connectivity index (χ2n) is 4.61. The van der Waals surface area contributed by atoms with E-state index in [4.69, 9.17) is 5.73 Å². The fourth-order valence-electron chi connectivity index (χ4n) is 1.92. The van der Waals surface area contributed by atoms with Gasteiger partial charge in [-0.1, -0.05) is 18.2 Å². The molecule has 19 heavy (non-hydrogen) atoms. The van der Waals surface area contributed by atoms with E-state index in [1.165, 1.54) is 9.75 Å². The van der Waals surface area contributed by atoms with Crippen molar-refractivity contribution >= 4 is 22.9 Å². The average Bonchev–Trinajstić information content (AvgIpc) is 2.79. The number of aryl methyl sites for hydroxylation is 1. The number of carbonyl (C=O) groups excluding carboxylic acids is 1. The largest absolute Gasteiger partial charge is 0.398 e. The van der Waals surface area contributed by atoms with Crippen LogP contribution in [0.15, 0.2) is 36.4 Å². The van der Waals surface area contributed by atoms with Gasteiger partial charge >= 0.3 is 0 Å². The molecule has 0 fully saturated rings. The molecule has 0 aliphatic heterocycles. The Morgan fingerprint density at radius 1 is 1.32 bits per heavy atom. The van der Waals surface area contributed by atoms with E-state index in [9.17, 15) is 4.79 Å². The van der Waals surface area contributed by atoms with Gasteiger partial charge in [0, 0.05) is 15.4 Å². The molecule has 100 valence electrons. The summed E-state index contributed by atoms with van der Waals surface area (Å²) in [6.45, 7) is 4.06. The number of amides is 1. The SMILES string of the molecule is Cc1ccc(C(C)NC(=O)Cc2ccccc2N)s1. The first-order valence-electron chi connectivity index (χ1n) is 6.25. The number of anilines is 1. The molecular weight excluding hydrogens is 256 g/mol. The van der Waals surface area contributed by atoms with E-state index in [-0.39, 0.29) is 11.9 Å². The summed E-state index contributed by atoms with van der Waals surface area (Å²) in [7, 11) is 0. The van der Waals surface area contributed by atoms with E-state index in [2.05, 4.69) is 24.4 Å². The number of thiophene rings is 1. The average molecular weight is 274 g/mol. The molecule has 1 amide bonds. The van der Waals surface area contributed by atoms with Gasteiger partial charge in [-0.15, -0.1) is 11.3 Å². The zero-order valence-electron chi connectivity index (χ0n) is 11.1. The Morgan fingerprint density at radius 2 is 2.05 bits per heavy atom. The lowest BCUT2D eigenvalue weighted by molar-refractivity contribution is -0.121. The van der Waals surface area contributed by atoms with Crippen molar-refractivity contribution in [3.8, 4) is 0 Å². The Morgan fingerprint density at radius 3 is 2.68 bits per heavy atom. The number of nitrogens with one attached hydrogen (secondary N) is 1. The van der Waals surface area contributed by atoms with Crippen LogP contribution in [-0.4, -0.2) is 5.91 Å². The Kier molecular flexibility index (Phi) is 4.22. The summed E-state index contributed by atoms with van der Waals surface area (Å²) in [6.07, 6.45) is 0.321. The van der Waals surface area contributed by atoms with Crippen molar-refractivity contribution in [2.45, 2.75) is 26.3 Å². The molecule has 1 heterocycles. The minimum atomic E-state index is -0.00328. The molecule has 0 radical (unpaired) electrons. The molecule has 0 aliphatic carbocycles. The zero-order chi connectivity index (χ0) is 13.8. The van der Waals surface area contributed by atoms with E-state index in [0.717, 1.165) is 5.56 Å². The van der Waals surface area contributed by atoms with E-state index >= 15 is 0 Å². The topological polar surface area (TPSA) is 55.1 Å². The maximum absolute atomic E-state index is 12.0. The summed E-state index contributed by atoms with van der Waals surface area (Å²) in [6, 6.07) is 11.6. The molecule has 0 spiro atoms. The third-order valence-electron chi connectivity index (χ3n) is 2.97. The van der Waals surface area contributed by atoms with Gasteiger partial charge in [-0.3, -0.25) is 4.79 Å². The monoisotopic (exact) mass is 274 g/mol. The lowest BCUT2D eigenvalue weighted by Gasteiger charge is -2.13. The lowest BCUT2D eigenvalue weighted by atomic mass is 10.1. The van der Waals surface area contributed by atoms with Crippen LogP contribution in [0.25, 0.3) is 0 Å². The summed E-state index contributed by atoms with van der Waals surface area (Å²) in [5, 5.41) is 3.00. The molecule has 2 rings (SSSR count). The molecule has 0 saturated heterocycles. The van der Waals surface area contributed by atoms with Crippen LogP contribution in [0.5, 0.6) is 0 Å². The van der Waals surface area contributed by atoms with E-state index < -0.39 is 0 Å². The van der Waals surface area contributed by atoms with Crippen molar-refractivity contribution in [1.29, 1.82) is 0 Å². The summed E-state index contributed by atoms with van der Waals surface area (Å²) in [4.78, 5) is 14.4. The lowest BCUT2D eigenvalue weighted by Crippen LogP contribution is -2.27. The molecule has 1 atom stereocenters. The van der Waals surface area contributed by atoms with Crippen molar-refractivity contribution in [2.24, 2.45) is 0 Å². The van der Waals surface area contributed by atoms with Gasteiger partial charge in [0.05, 0.1) is 12.5 Å². The Labute approximate surface area is 117 Å². The van der Waals surface area contributed by atoms with Crippen molar-refractivity contribution in [3.63, 3.8) is 0 Å². The number of nitrogens with two attached hydrogens (primary N) is 1. The summed E-state index contributed by atoms with van der Waals surface area (Å²) >= 11 is 1.71. The Hall–Kier alpha value is -1.81. The van der Waals surface area contributed by atoms with Crippen molar-refractivity contribution < 1.29 is 4.79 Å². The number of hydrogen-bond acceptors (Lipinski definition) is 3. The van der Waals surface area contributed by atoms with E-state index in [0.29, 0.717) is 12.1 Å². The smallest absolute Gasteiger partial charge is 0.224 e. The van der Waals surface area contributed by atoms with Gasteiger partial charge in [0.25, 0.3) is 0 Å². The van der Waals surface area contributed by atoms with Crippen LogP contribution in [-0.2, 0) is 11.2 Å². The Balaban J connectivity index is 1.96. The Bertz CT molecular complexity index is 577. The number of nitrogen functional groups attached to an aromatic ring is 1. The summed E-state index contributed by atoms with van der Waals surface area (Å²) in [5.74, 6) is -0.00328. The molecule has 0 saturated carbocycles. The van der Waals surface area contributed by atoms with Crippen LogP contribution in [0, 0.1) is 6.92 Å². The second-order valence-corrected chi connectivity index (χ2v) is 5.93. The highest BCUT2D eigenvalue weighted by atomic mass is 32.1. The molecule has 0 aliphatic rings. The van der Waals surface area contributed by atoms with Crippen LogP contribution in [0.2, 0.25) is 0 Å². The highest BCUT2D eigenvalue weighted by Crippen LogP contribution is 2.22. The number of carbonyl (C=O) groups is 1. The molecule has 0 bridgehead atoms. The maximum atomic E-state index is 12.0. The molecule has 1 aromatic heterocycles. The van der Waals surface area contributed by atoms with Crippen LogP contribution < -0.4 is 11.1 Å². The first-order chi connectivity index (χ1) is 9.06. The summed E-state index contributed by atoms with van der Waals surface area (Å²) < 4.78 is 0. The fraction of sp³-hybridized carbons (Fsp3) is 0.267. The minimum absolute atomic E-state index is 0.00328. The maximum Gasteiger partial charge on any atom is 0.224 e. The van der Waals surface area contributed by atoms with Crippen LogP contribution in [0.1, 0.15) is 28.3 Å². The number of benzene rings is 1. The predicted octanol–water partition coefficient (Wildman–Crippen LogP) is 3.06. The van der Waals surface area contributed by atoms with Crippen LogP contribution in [0.3, 0.4) is 0 Å². The molecule has 2 aromatic rings. The molecule has 3 N–H and O–H groups in total. The van der Waals surface area contributed by atoms with Crippen molar-refractivity contribution in [3.05, 3.63) is 51.7 Å². The van der Waals surface area contributed by atoms with Crippen molar-refractivity contribution in [2.75, 3.05) is 5.73 Å². The van der Waals surface area contributed by atoms with Gasteiger partial charge in [-0.25, -0.2) is 0 Å². The molecular formula is C15H18N2OS. The number of hydrogen-bond donors (Lipinski definition) is 2. The van der Waals surface area contributed by atoms with Crippen LogP contribution >= 0.6 is 11.3 Å². The summed E-state index contributed by atoms with van der Waals surface area (Å²) in [5.41, 5.74) is 7.37. The van der Waals surface area contributed by atoms with Gasteiger partial charge in [0.15, 0.2) is 0 Å². The fourth-order valence-corrected chi connectivity index (χ4v) is 2.80. The first kappa shape index (κ1) is 13.6. The molecule has 1 unspecified atom stereocenters. The minimum Gasteiger partial charge on any atom is -0.398 e. The van der Waals surface area contributed by atoms with Gasteiger partial charge in [0.1, 0.15) is 0 Å². The third kappa shape index (κ3) is 3.58. The highest BCUT2D eigenvalue weighted by molar-refractivity contribution is 7.12. The molecule has 1 aromatic carbocycles. The quantitative estimate of drug-likeness (QED) is 0.842. The first-order valence-corrected chi connectivity index (χ1v) is 7.07.